The van der Waals surface area contributed by atoms with E-state index in [1.54, 1.807) is 39.0 Å². The Morgan fingerprint density at radius 3 is 2.33 bits per heavy atom. The van der Waals surface area contributed by atoms with Crippen LogP contribution in [0.15, 0.2) is 41.3 Å². The van der Waals surface area contributed by atoms with E-state index >= 15 is 0 Å². The Hall–Kier alpha value is -2.29. The molecule has 164 valence electrons. The highest BCUT2D eigenvalue weighted by molar-refractivity contribution is 7.89. The number of aryl methyl sites for hydroxylation is 1. The van der Waals surface area contributed by atoms with Crippen molar-refractivity contribution in [2.45, 2.75) is 38.7 Å². The highest BCUT2D eigenvalue weighted by atomic mass is 35.5. The maximum atomic E-state index is 12.8. The summed E-state index contributed by atoms with van der Waals surface area (Å²) in [6.07, 6.45) is -0.836. The normalized spacial score (nSPS) is 12.5. The lowest BCUT2D eigenvalue weighted by Gasteiger charge is -2.20. The van der Waals surface area contributed by atoms with Gasteiger partial charge in [-0.25, -0.2) is 8.42 Å². The Morgan fingerprint density at radius 2 is 1.77 bits per heavy atom. The summed E-state index contributed by atoms with van der Waals surface area (Å²) < 4.78 is 38.0. The summed E-state index contributed by atoms with van der Waals surface area (Å²) in [5, 5.41) is 3.28. The van der Waals surface area contributed by atoms with Crippen LogP contribution in [-0.2, 0) is 14.8 Å². The number of sulfonamides is 1. The fourth-order valence-corrected chi connectivity index (χ4v) is 4.59. The summed E-state index contributed by atoms with van der Waals surface area (Å²) in [5.41, 5.74) is 1.05. The third-order valence-corrected chi connectivity index (χ3v) is 6.86. The molecule has 0 unspecified atom stereocenters. The van der Waals surface area contributed by atoms with Crippen molar-refractivity contribution in [3.05, 3.63) is 47.0 Å². The lowest BCUT2D eigenvalue weighted by molar-refractivity contribution is -0.122. The number of nitrogens with zero attached hydrogens (tertiary/aromatic N) is 1. The van der Waals surface area contributed by atoms with Gasteiger partial charge >= 0.3 is 0 Å². The molecule has 0 saturated heterocycles. The lowest BCUT2D eigenvalue weighted by atomic mass is 10.2. The lowest BCUT2D eigenvalue weighted by Crippen LogP contribution is -2.31. The highest BCUT2D eigenvalue weighted by Gasteiger charge is 2.24. The van der Waals surface area contributed by atoms with Crippen molar-refractivity contribution in [3.63, 3.8) is 0 Å². The maximum absolute atomic E-state index is 12.8. The molecular weight excluding hydrogens is 428 g/mol. The quantitative estimate of drug-likeness (QED) is 0.616. The van der Waals surface area contributed by atoms with Crippen LogP contribution in [0.25, 0.3) is 0 Å². The molecular formula is C21H27ClN2O5S. The molecule has 0 aliphatic heterocycles. The Labute approximate surface area is 183 Å². The van der Waals surface area contributed by atoms with Crippen molar-refractivity contribution in [1.29, 1.82) is 0 Å². The number of hydrogen-bond donors (Lipinski definition) is 1. The van der Waals surface area contributed by atoms with Crippen LogP contribution in [0.1, 0.15) is 26.3 Å². The fraction of sp³-hybridized carbons (Fsp3) is 0.381. The minimum Gasteiger partial charge on any atom is -0.495 e. The van der Waals surface area contributed by atoms with Crippen LogP contribution in [-0.4, -0.2) is 44.9 Å². The largest absolute Gasteiger partial charge is 0.495 e. The number of anilines is 1. The van der Waals surface area contributed by atoms with Gasteiger partial charge in [-0.05, 0) is 55.8 Å². The summed E-state index contributed by atoms with van der Waals surface area (Å²) in [6.45, 7) is 7.66. The average molecular weight is 455 g/mol. The number of benzene rings is 2. The van der Waals surface area contributed by atoms with Gasteiger partial charge in [0.15, 0.2) is 6.10 Å². The molecule has 1 amide bonds. The van der Waals surface area contributed by atoms with Gasteiger partial charge in [0, 0.05) is 18.1 Å². The van der Waals surface area contributed by atoms with Gasteiger partial charge in [0.1, 0.15) is 11.5 Å². The molecule has 2 rings (SSSR count). The number of carbonyl (C=O) groups excluding carboxylic acids is 1. The summed E-state index contributed by atoms with van der Waals surface area (Å²) in [6, 6.07) is 9.48. The molecule has 2 aromatic carbocycles. The molecule has 7 nitrogen and oxygen atoms in total. The van der Waals surface area contributed by atoms with Crippen LogP contribution >= 0.6 is 11.6 Å². The number of carbonyl (C=O) groups is 1. The van der Waals surface area contributed by atoms with Gasteiger partial charge < -0.3 is 14.8 Å². The molecule has 1 N–H and O–H groups in total. The van der Waals surface area contributed by atoms with Gasteiger partial charge in [-0.15, -0.1) is 0 Å². The Morgan fingerprint density at radius 1 is 1.13 bits per heavy atom. The fourth-order valence-electron chi connectivity index (χ4n) is 2.88. The molecule has 0 spiro atoms. The molecule has 0 saturated carbocycles. The smallest absolute Gasteiger partial charge is 0.265 e. The predicted octanol–water partition coefficient (Wildman–Crippen LogP) is 4.09. The molecule has 9 heteroatoms. The van der Waals surface area contributed by atoms with Crippen molar-refractivity contribution in [3.8, 4) is 11.5 Å². The van der Waals surface area contributed by atoms with E-state index in [2.05, 4.69) is 5.32 Å². The molecule has 0 radical (unpaired) electrons. The van der Waals surface area contributed by atoms with Crippen molar-refractivity contribution >= 4 is 33.2 Å². The molecule has 0 aromatic heterocycles. The van der Waals surface area contributed by atoms with Gasteiger partial charge in [-0.2, -0.15) is 4.31 Å². The minimum absolute atomic E-state index is 0.0735. The molecule has 1 atom stereocenters. The van der Waals surface area contributed by atoms with E-state index in [1.165, 1.54) is 29.6 Å². The molecule has 0 aliphatic rings. The van der Waals surface area contributed by atoms with E-state index in [-0.39, 0.29) is 10.6 Å². The molecule has 0 fully saturated rings. The van der Waals surface area contributed by atoms with Gasteiger partial charge in [0.25, 0.3) is 5.91 Å². The third-order valence-electron chi connectivity index (χ3n) is 4.58. The standard InChI is InChI=1S/C21H27ClN2O5S/c1-6-24(7-2)30(26,27)17-9-11-20(28-5)18(13-17)23-21(25)15(4)29-19-10-8-16(22)12-14(19)3/h8-13,15H,6-7H2,1-5H3,(H,23,25)/t15-/m1/s1. The van der Waals surface area contributed by atoms with Gasteiger partial charge in [-0.3, -0.25) is 4.79 Å². The van der Waals surface area contributed by atoms with Crippen LogP contribution in [0.2, 0.25) is 5.02 Å². The average Bonchev–Trinajstić information content (AvgIpc) is 2.70. The van der Waals surface area contributed by atoms with E-state index in [0.29, 0.717) is 29.6 Å². The first kappa shape index (κ1) is 24.0. The van der Waals surface area contributed by atoms with E-state index in [4.69, 9.17) is 21.1 Å². The van der Waals surface area contributed by atoms with Crippen LogP contribution < -0.4 is 14.8 Å². The molecule has 0 heterocycles. The van der Waals surface area contributed by atoms with Crippen molar-refractivity contribution in [2.24, 2.45) is 0 Å². The first-order valence-electron chi connectivity index (χ1n) is 9.55. The SMILES string of the molecule is CCN(CC)S(=O)(=O)c1ccc(OC)c(NC(=O)[C@@H](C)Oc2ccc(Cl)cc2C)c1. The Bertz CT molecular complexity index is 1010. The molecule has 0 bridgehead atoms. The first-order chi connectivity index (χ1) is 14.1. The molecule has 30 heavy (non-hydrogen) atoms. The topological polar surface area (TPSA) is 84.9 Å². The maximum Gasteiger partial charge on any atom is 0.265 e. The molecule has 2 aromatic rings. The van der Waals surface area contributed by atoms with E-state index < -0.39 is 22.0 Å². The van der Waals surface area contributed by atoms with Gasteiger partial charge in [0.2, 0.25) is 10.0 Å². The van der Waals surface area contributed by atoms with E-state index in [0.717, 1.165) is 5.56 Å². The van der Waals surface area contributed by atoms with Gasteiger partial charge in [-0.1, -0.05) is 25.4 Å². The molecule has 0 aliphatic carbocycles. The Kier molecular flexibility index (Phi) is 8.11. The zero-order chi connectivity index (χ0) is 22.5. The number of amides is 1. The summed E-state index contributed by atoms with van der Waals surface area (Å²) >= 11 is 5.95. The highest BCUT2D eigenvalue weighted by Crippen LogP contribution is 2.29. The zero-order valence-corrected chi connectivity index (χ0v) is 19.3. The zero-order valence-electron chi connectivity index (χ0n) is 17.7. The predicted molar refractivity (Wildman–Crippen MR) is 118 cm³/mol. The van der Waals surface area contributed by atoms with Crippen molar-refractivity contribution < 1.29 is 22.7 Å². The number of rotatable bonds is 9. The number of halogens is 1. The second-order valence-electron chi connectivity index (χ2n) is 6.61. The summed E-state index contributed by atoms with van der Waals surface area (Å²) in [5.74, 6) is 0.434. The number of methoxy groups -OCH3 is 1. The van der Waals surface area contributed by atoms with E-state index in [9.17, 15) is 13.2 Å². The van der Waals surface area contributed by atoms with Crippen LogP contribution in [0, 0.1) is 6.92 Å². The number of hydrogen-bond acceptors (Lipinski definition) is 5. The third kappa shape index (κ3) is 5.44. The van der Waals surface area contributed by atoms with E-state index in [1.807, 2.05) is 6.92 Å². The van der Waals surface area contributed by atoms with Crippen LogP contribution in [0.5, 0.6) is 11.5 Å². The second-order valence-corrected chi connectivity index (χ2v) is 8.98. The first-order valence-corrected chi connectivity index (χ1v) is 11.4. The van der Waals surface area contributed by atoms with Crippen LogP contribution in [0.3, 0.4) is 0 Å². The number of nitrogens with one attached hydrogen (secondary N) is 1. The summed E-state index contributed by atoms with van der Waals surface area (Å²) in [4.78, 5) is 12.8. The van der Waals surface area contributed by atoms with Crippen molar-refractivity contribution in [1.82, 2.24) is 4.31 Å². The van der Waals surface area contributed by atoms with Crippen LogP contribution in [0.4, 0.5) is 5.69 Å². The minimum atomic E-state index is -3.68. The number of ether oxygens (including phenoxy) is 2. The second kappa shape index (κ2) is 10.1. The summed E-state index contributed by atoms with van der Waals surface area (Å²) in [7, 11) is -2.24. The Balaban J connectivity index is 2.26. The van der Waals surface area contributed by atoms with Crippen molar-refractivity contribution in [2.75, 3.05) is 25.5 Å². The monoisotopic (exact) mass is 454 g/mol. The van der Waals surface area contributed by atoms with Gasteiger partial charge in [0.05, 0.1) is 17.7 Å².